The Kier molecular flexibility index (Phi) is 6.11. The van der Waals surface area contributed by atoms with E-state index in [-0.39, 0.29) is 6.09 Å². The van der Waals surface area contributed by atoms with Crippen molar-refractivity contribution in [2.75, 3.05) is 49.1 Å². The molecule has 144 valence electrons. The summed E-state index contributed by atoms with van der Waals surface area (Å²) in [5.74, 6) is 1.57. The molecule has 27 heavy (non-hydrogen) atoms. The van der Waals surface area contributed by atoms with Crippen molar-refractivity contribution in [1.82, 2.24) is 14.9 Å². The highest BCUT2D eigenvalue weighted by Gasteiger charge is 2.23. The van der Waals surface area contributed by atoms with Crippen LogP contribution in [0.15, 0.2) is 36.5 Å². The molecule has 0 aliphatic carbocycles. The van der Waals surface area contributed by atoms with E-state index in [4.69, 9.17) is 9.72 Å². The van der Waals surface area contributed by atoms with Gasteiger partial charge in [0.05, 0.1) is 6.61 Å². The first-order valence-electron chi connectivity index (χ1n) is 9.46. The van der Waals surface area contributed by atoms with Crippen LogP contribution >= 0.6 is 0 Å². The quantitative estimate of drug-likeness (QED) is 0.806. The predicted octanol–water partition coefficient (Wildman–Crippen LogP) is 3.22. The Morgan fingerprint density at radius 1 is 1.19 bits per heavy atom. The molecular weight excluding hydrogens is 342 g/mol. The average molecular weight is 369 g/mol. The summed E-state index contributed by atoms with van der Waals surface area (Å²) in [6.45, 7) is 9.85. The topological polar surface area (TPSA) is 61.8 Å². The zero-order chi connectivity index (χ0) is 19.2. The summed E-state index contributed by atoms with van der Waals surface area (Å²) in [6.07, 6.45) is 1.55. The molecule has 1 aliphatic heterocycles. The van der Waals surface area contributed by atoms with E-state index in [9.17, 15) is 4.79 Å². The van der Waals surface area contributed by atoms with E-state index in [1.54, 1.807) is 11.1 Å². The van der Waals surface area contributed by atoms with E-state index in [1.165, 1.54) is 5.56 Å². The van der Waals surface area contributed by atoms with Crippen LogP contribution in [0.1, 0.15) is 19.4 Å². The fourth-order valence-electron chi connectivity index (χ4n) is 3.22. The number of carbonyl (C=O) groups excluding carboxylic acids is 1. The summed E-state index contributed by atoms with van der Waals surface area (Å²) in [5.41, 5.74) is 2.34. The van der Waals surface area contributed by atoms with E-state index in [0.29, 0.717) is 38.7 Å². The maximum atomic E-state index is 11.9. The summed E-state index contributed by atoms with van der Waals surface area (Å²) in [7, 11) is 0. The smallest absolute Gasteiger partial charge is 0.409 e. The molecule has 0 spiro atoms. The number of anilines is 3. The number of piperazine rings is 1. The van der Waals surface area contributed by atoms with Gasteiger partial charge in [0.2, 0.25) is 5.95 Å². The van der Waals surface area contributed by atoms with Gasteiger partial charge in [-0.15, -0.1) is 0 Å². The Morgan fingerprint density at radius 3 is 2.63 bits per heavy atom. The third kappa shape index (κ3) is 4.48. The summed E-state index contributed by atoms with van der Waals surface area (Å²) in [4.78, 5) is 27.1. The lowest BCUT2D eigenvalue weighted by atomic mass is 10.2. The Bertz CT molecular complexity index is 774. The van der Waals surface area contributed by atoms with E-state index in [0.717, 1.165) is 18.1 Å². The molecule has 0 radical (unpaired) electrons. The number of aryl methyl sites for hydroxylation is 1. The third-order valence-electron chi connectivity index (χ3n) is 4.62. The van der Waals surface area contributed by atoms with Crippen LogP contribution in [0, 0.1) is 6.92 Å². The number of hydrogen-bond donors (Lipinski definition) is 0. The number of amides is 1. The van der Waals surface area contributed by atoms with E-state index < -0.39 is 0 Å². The van der Waals surface area contributed by atoms with Gasteiger partial charge in [0.1, 0.15) is 5.82 Å². The molecule has 0 N–H and O–H groups in total. The van der Waals surface area contributed by atoms with Crippen LogP contribution < -0.4 is 9.80 Å². The van der Waals surface area contributed by atoms with Crippen molar-refractivity contribution in [2.45, 2.75) is 20.8 Å². The lowest BCUT2D eigenvalue weighted by Crippen LogP contribution is -2.49. The first kappa shape index (κ1) is 18.9. The average Bonchev–Trinajstić information content (AvgIpc) is 2.69. The molecule has 0 saturated carbocycles. The van der Waals surface area contributed by atoms with Gasteiger partial charge in [-0.2, -0.15) is 4.98 Å². The fourth-order valence-corrected chi connectivity index (χ4v) is 3.22. The van der Waals surface area contributed by atoms with E-state index >= 15 is 0 Å². The van der Waals surface area contributed by atoms with Gasteiger partial charge in [-0.3, -0.25) is 0 Å². The Morgan fingerprint density at radius 2 is 1.96 bits per heavy atom. The molecule has 7 nitrogen and oxygen atoms in total. The molecule has 1 aliphatic rings. The first-order chi connectivity index (χ1) is 13.1. The zero-order valence-corrected chi connectivity index (χ0v) is 16.3. The molecule has 0 atom stereocenters. The maximum Gasteiger partial charge on any atom is 0.409 e. The summed E-state index contributed by atoms with van der Waals surface area (Å²) >= 11 is 0. The molecular formula is C20H27N5O2. The minimum Gasteiger partial charge on any atom is -0.450 e. The number of aromatic nitrogens is 2. The molecule has 1 aromatic carbocycles. The van der Waals surface area contributed by atoms with Gasteiger partial charge in [0.15, 0.2) is 0 Å². The summed E-state index contributed by atoms with van der Waals surface area (Å²) in [5, 5.41) is 0. The standard InChI is InChI=1S/C20H27N5O2/c1-4-25(17-8-6-7-16(3)15-17)18-9-10-21-19(22-18)23-11-13-24(14-12-23)20(26)27-5-2/h6-10,15H,4-5,11-14H2,1-3H3. The van der Waals surface area contributed by atoms with Crippen LogP contribution in [0.3, 0.4) is 0 Å². The third-order valence-corrected chi connectivity index (χ3v) is 4.62. The van der Waals surface area contributed by atoms with E-state index in [2.05, 4.69) is 52.9 Å². The van der Waals surface area contributed by atoms with Gasteiger partial charge in [0.25, 0.3) is 0 Å². The van der Waals surface area contributed by atoms with Crippen LogP contribution in [0.4, 0.5) is 22.2 Å². The fraction of sp³-hybridized carbons (Fsp3) is 0.450. The maximum absolute atomic E-state index is 11.9. The number of benzene rings is 1. The molecule has 1 fully saturated rings. The number of rotatable bonds is 5. The van der Waals surface area contributed by atoms with Crippen molar-refractivity contribution in [1.29, 1.82) is 0 Å². The number of hydrogen-bond acceptors (Lipinski definition) is 6. The van der Waals surface area contributed by atoms with Crippen molar-refractivity contribution >= 4 is 23.5 Å². The Balaban J connectivity index is 1.73. The molecule has 1 aromatic heterocycles. The minimum atomic E-state index is -0.247. The van der Waals surface area contributed by atoms with Gasteiger partial charge >= 0.3 is 6.09 Å². The van der Waals surface area contributed by atoms with Crippen molar-refractivity contribution in [3.8, 4) is 0 Å². The van der Waals surface area contributed by atoms with Gasteiger partial charge in [-0.25, -0.2) is 9.78 Å². The molecule has 7 heteroatoms. The highest BCUT2D eigenvalue weighted by Crippen LogP contribution is 2.25. The molecule has 1 amide bonds. The monoisotopic (exact) mass is 369 g/mol. The normalized spacial score (nSPS) is 14.2. The number of nitrogens with zero attached hydrogens (tertiary/aromatic N) is 5. The van der Waals surface area contributed by atoms with Crippen LogP contribution in [-0.4, -0.2) is 60.3 Å². The number of ether oxygens (including phenoxy) is 1. The van der Waals surface area contributed by atoms with Gasteiger partial charge < -0.3 is 19.4 Å². The van der Waals surface area contributed by atoms with Crippen molar-refractivity contribution in [2.24, 2.45) is 0 Å². The molecule has 1 saturated heterocycles. The molecule has 3 rings (SSSR count). The first-order valence-corrected chi connectivity index (χ1v) is 9.46. The number of carbonyl (C=O) groups is 1. The highest BCUT2D eigenvalue weighted by atomic mass is 16.6. The lowest BCUT2D eigenvalue weighted by molar-refractivity contribution is 0.105. The highest BCUT2D eigenvalue weighted by molar-refractivity contribution is 5.68. The Labute approximate surface area is 160 Å². The second kappa shape index (κ2) is 8.70. The second-order valence-corrected chi connectivity index (χ2v) is 6.47. The van der Waals surface area contributed by atoms with Crippen LogP contribution in [0.2, 0.25) is 0 Å². The van der Waals surface area contributed by atoms with Crippen molar-refractivity contribution in [3.63, 3.8) is 0 Å². The lowest BCUT2D eigenvalue weighted by Gasteiger charge is -2.34. The minimum absolute atomic E-state index is 0.247. The molecule has 0 unspecified atom stereocenters. The molecule has 0 bridgehead atoms. The SMILES string of the molecule is CCOC(=O)N1CCN(c2nccc(N(CC)c3cccc(C)c3)n2)CC1. The molecule has 2 heterocycles. The summed E-state index contributed by atoms with van der Waals surface area (Å²) < 4.78 is 5.08. The van der Waals surface area contributed by atoms with Crippen LogP contribution in [0.5, 0.6) is 0 Å². The predicted molar refractivity (Wildman–Crippen MR) is 107 cm³/mol. The van der Waals surface area contributed by atoms with Crippen molar-refractivity contribution in [3.05, 3.63) is 42.1 Å². The van der Waals surface area contributed by atoms with Crippen molar-refractivity contribution < 1.29 is 9.53 Å². The largest absolute Gasteiger partial charge is 0.450 e. The van der Waals surface area contributed by atoms with Crippen LogP contribution in [0.25, 0.3) is 0 Å². The second-order valence-electron chi connectivity index (χ2n) is 6.47. The van der Waals surface area contributed by atoms with Gasteiger partial charge in [0, 0.05) is 44.6 Å². The van der Waals surface area contributed by atoms with Gasteiger partial charge in [-0.05, 0) is 44.5 Å². The summed E-state index contributed by atoms with van der Waals surface area (Å²) in [6, 6.07) is 10.3. The molecule has 2 aromatic rings. The van der Waals surface area contributed by atoms with E-state index in [1.807, 2.05) is 13.0 Å². The zero-order valence-electron chi connectivity index (χ0n) is 16.3. The van der Waals surface area contributed by atoms with Crippen LogP contribution in [-0.2, 0) is 4.74 Å². The van der Waals surface area contributed by atoms with Gasteiger partial charge in [-0.1, -0.05) is 12.1 Å². The Hall–Kier alpha value is -2.83.